The van der Waals surface area contributed by atoms with Crippen molar-refractivity contribution in [2.75, 3.05) is 11.8 Å². The van der Waals surface area contributed by atoms with Crippen molar-refractivity contribution in [3.05, 3.63) is 76.7 Å². The molecule has 0 atom stereocenters. The first-order valence-corrected chi connectivity index (χ1v) is 11.8. The van der Waals surface area contributed by atoms with Gasteiger partial charge in [-0.2, -0.15) is 5.10 Å². The van der Waals surface area contributed by atoms with Gasteiger partial charge in [-0.1, -0.05) is 18.2 Å². The van der Waals surface area contributed by atoms with E-state index in [0.29, 0.717) is 11.1 Å². The smallest absolute Gasteiger partial charge is 0.272 e. The Kier molecular flexibility index (Phi) is 5.49. The third-order valence-electron chi connectivity index (χ3n) is 5.75. The first kappa shape index (κ1) is 22.9. The Hall–Kier alpha value is -3.90. The number of ether oxygens (including phenoxy) is 1. The zero-order valence-electron chi connectivity index (χ0n) is 18.1. The Morgan fingerprint density at radius 3 is 2.63 bits per heavy atom. The molecule has 0 fully saturated rings. The standard InChI is InChI=1S/C23H17F3N4O4S/c1-27-23(31)22-13-6-5-12(19(25)21(13)28-29-22)18-15(24)7-8-16(20(18)26)30-35(32,33)17-4-2-3-11-9-34-10-14(11)17/h2-8,30H,9-10H2,1H3,(H,27,31)(H,28,29). The number of hydrogen-bond acceptors (Lipinski definition) is 5. The van der Waals surface area contributed by atoms with Crippen molar-refractivity contribution in [2.24, 2.45) is 0 Å². The molecule has 3 N–H and O–H groups in total. The normalized spacial score (nSPS) is 13.1. The van der Waals surface area contributed by atoms with E-state index in [9.17, 15) is 17.6 Å². The number of aromatic amines is 1. The minimum absolute atomic E-state index is 0.0804. The number of carbonyl (C=O) groups excluding carboxylic acids is 1. The fraction of sp³-hybridized carbons (Fsp3) is 0.130. The molecule has 0 unspecified atom stereocenters. The van der Waals surface area contributed by atoms with Crippen LogP contribution >= 0.6 is 0 Å². The molecule has 3 aromatic carbocycles. The maximum absolute atomic E-state index is 15.5. The summed E-state index contributed by atoms with van der Waals surface area (Å²) < 4.78 is 79.0. The molecule has 180 valence electrons. The summed E-state index contributed by atoms with van der Waals surface area (Å²) in [5, 5.41) is 8.61. The monoisotopic (exact) mass is 502 g/mol. The average molecular weight is 502 g/mol. The largest absolute Gasteiger partial charge is 0.372 e. The lowest BCUT2D eigenvalue weighted by Crippen LogP contribution is -2.18. The van der Waals surface area contributed by atoms with Gasteiger partial charge >= 0.3 is 0 Å². The van der Waals surface area contributed by atoms with Gasteiger partial charge in [0.2, 0.25) is 0 Å². The number of H-pyrrole nitrogens is 1. The Morgan fingerprint density at radius 2 is 1.86 bits per heavy atom. The van der Waals surface area contributed by atoms with Crippen LogP contribution in [0.15, 0.2) is 47.4 Å². The first-order chi connectivity index (χ1) is 16.7. The van der Waals surface area contributed by atoms with Crippen molar-refractivity contribution >= 4 is 32.5 Å². The van der Waals surface area contributed by atoms with E-state index in [-0.39, 0.29) is 34.7 Å². The molecule has 12 heteroatoms. The van der Waals surface area contributed by atoms with Gasteiger partial charge in [-0.3, -0.25) is 14.6 Å². The quantitative estimate of drug-likeness (QED) is 0.384. The highest BCUT2D eigenvalue weighted by molar-refractivity contribution is 7.92. The van der Waals surface area contributed by atoms with Crippen molar-refractivity contribution in [3.8, 4) is 11.1 Å². The van der Waals surface area contributed by atoms with Crippen LogP contribution in [0, 0.1) is 17.5 Å². The van der Waals surface area contributed by atoms with Crippen LogP contribution in [-0.2, 0) is 28.0 Å². The highest BCUT2D eigenvalue weighted by atomic mass is 32.2. The lowest BCUT2D eigenvalue weighted by Gasteiger charge is -2.14. The Balaban J connectivity index is 1.59. The number of amides is 1. The second-order valence-corrected chi connectivity index (χ2v) is 9.43. The number of rotatable bonds is 5. The number of benzene rings is 3. The number of sulfonamides is 1. The molecular formula is C23H17F3N4O4S. The fourth-order valence-corrected chi connectivity index (χ4v) is 5.37. The van der Waals surface area contributed by atoms with E-state index in [1.165, 1.54) is 25.2 Å². The van der Waals surface area contributed by atoms with Gasteiger partial charge < -0.3 is 10.1 Å². The fourth-order valence-electron chi connectivity index (χ4n) is 4.04. The van der Waals surface area contributed by atoms with Crippen molar-refractivity contribution in [2.45, 2.75) is 18.1 Å². The van der Waals surface area contributed by atoms with E-state index >= 15 is 8.78 Å². The summed E-state index contributed by atoms with van der Waals surface area (Å²) >= 11 is 0. The van der Waals surface area contributed by atoms with Crippen LogP contribution in [0.5, 0.6) is 0 Å². The summed E-state index contributed by atoms with van der Waals surface area (Å²) in [7, 11) is -2.90. The van der Waals surface area contributed by atoms with Crippen LogP contribution in [0.2, 0.25) is 0 Å². The SMILES string of the molecule is CNC(=O)c1n[nH]c2c(F)c(-c3c(F)ccc(NS(=O)(=O)c4cccc5c4COC5)c3F)ccc12. The molecule has 35 heavy (non-hydrogen) atoms. The summed E-state index contributed by atoms with van der Waals surface area (Å²) in [5.41, 5.74) is -0.991. The Morgan fingerprint density at radius 1 is 1.06 bits per heavy atom. The van der Waals surface area contributed by atoms with E-state index in [1.54, 1.807) is 6.07 Å². The molecule has 0 saturated heterocycles. The summed E-state index contributed by atoms with van der Waals surface area (Å²) in [6.45, 7) is 0.335. The molecule has 4 aromatic rings. The number of aromatic nitrogens is 2. The molecule has 0 spiro atoms. The molecule has 5 rings (SSSR count). The van der Waals surface area contributed by atoms with Crippen molar-refractivity contribution in [1.82, 2.24) is 15.5 Å². The van der Waals surface area contributed by atoms with Gasteiger partial charge in [-0.25, -0.2) is 21.6 Å². The maximum atomic E-state index is 15.5. The third kappa shape index (κ3) is 3.70. The minimum Gasteiger partial charge on any atom is -0.372 e. The van der Waals surface area contributed by atoms with Crippen LogP contribution < -0.4 is 10.0 Å². The van der Waals surface area contributed by atoms with Crippen molar-refractivity contribution in [1.29, 1.82) is 0 Å². The summed E-state index contributed by atoms with van der Waals surface area (Å²) in [6, 6.07) is 8.77. The third-order valence-corrected chi connectivity index (χ3v) is 7.20. The second-order valence-electron chi connectivity index (χ2n) is 7.78. The van der Waals surface area contributed by atoms with E-state index in [2.05, 4.69) is 20.2 Å². The zero-order chi connectivity index (χ0) is 24.9. The van der Waals surface area contributed by atoms with Crippen LogP contribution in [0.25, 0.3) is 22.0 Å². The Bertz CT molecular complexity index is 1620. The zero-order valence-corrected chi connectivity index (χ0v) is 18.9. The number of anilines is 1. The predicted molar refractivity (Wildman–Crippen MR) is 121 cm³/mol. The molecule has 1 aliphatic rings. The minimum atomic E-state index is -4.27. The molecule has 1 aliphatic heterocycles. The maximum Gasteiger partial charge on any atom is 0.272 e. The number of fused-ring (bicyclic) bond motifs is 2. The molecule has 0 saturated carbocycles. The van der Waals surface area contributed by atoms with Gasteiger partial charge in [0.1, 0.15) is 11.3 Å². The van der Waals surface area contributed by atoms with Crippen LogP contribution in [-0.4, -0.2) is 31.6 Å². The number of halogens is 3. The molecule has 1 aromatic heterocycles. The predicted octanol–water partition coefficient (Wildman–Crippen LogP) is 3.84. The molecule has 1 amide bonds. The lowest BCUT2D eigenvalue weighted by molar-refractivity contribution is 0.0959. The molecule has 0 aliphatic carbocycles. The Labute approximate surface area is 197 Å². The van der Waals surface area contributed by atoms with Crippen molar-refractivity contribution in [3.63, 3.8) is 0 Å². The van der Waals surface area contributed by atoms with Gasteiger partial charge in [-0.15, -0.1) is 0 Å². The van der Waals surface area contributed by atoms with E-state index < -0.39 is 50.2 Å². The summed E-state index contributed by atoms with van der Waals surface area (Å²) in [4.78, 5) is 11.8. The number of nitrogens with zero attached hydrogens (tertiary/aromatic N) is 1. The molecule has 8 nitrogen and oxygen atoms in total. The average Bonchev–Trinajstić information content (AvgIpc) is 3.49. The topological polar surface area (TPSA) is 113 Å². The van der Waals surface area contributed by atoms with Crippen LogP contribution in [0.4, 0.5) is 18.9 Å². The van der Waals surface area contributed by atoms with Gasteiger partial charge in [0.25, 0.3) is 15.9 Å². The van der Waals surface area contributed by atoms with Crippen LogP contribution in [0.1, 0.15) is 21.6 Å². The van der Waals surface area contributed by atoms with E-state index in [0.717, 1.165) is 18.2 Å². The summed E-state index contributed by atoms with van der Waals surface area (Å²) in [6.07, 6.45) is 0. The number of nitrogens with one attached hydrogen (secondary N) is 3. The number of carbonyl (C=O) groups is 1. The first-order valence-electron chi connectivity index (χ1n) is 10.3. The molecule has 0 radical (unpaired) electrons. The van der Waals surface area contributed by atoms with Crippen molar-refractivity contribution < 1.29 is 31.1 Å². The second kappa shape index (κ2) is 8.40. The lowest BCUT2D eigenvalue weighted by atomic mass is 10.0. The summed E-state index contributed by atoms with van der Waals surface area (Å²) in [5.74, 6) is -4.04. The van der Waals surface area contributed by atoms with E-state index in [1.807, 2.05) is 0 Å². The van der Waals surface area contributed by atoms with E-state index in [4.69, 9.17) is 4.74 Å². The molecule has 0 bridgehead atoms. The van der Waals surface area contributed by atoms with Gasteiger partial charge in [-0.05, 0) is 29.8 Å². The highest BCUT2D eigenvalue weighted by Crippen LogP contribution is 2.36. The highest BCUT2D eigenvalue weighted by Gasteiger charge is 2.27. The number of hydrogen-bond donors (Lipinski definition) is 3. The van der Waals surface area contributed by atoms with Gasteiger partial charge in [0.05, 0.1) is 29.4 Å². The van der Waals surface area contributed by atoms with Crippen LogP contribution in [0.3, 0.4) is 0 Å². The molecule has 2 heterocycles. The van der Waals surface area contributed by atoms with Gasteiger partial charge in [0, 0.05) is 23.6 Å². The molecular weight excluding hydrogens is 485 g/mol. The van der Waals surface area contributed by atoms with Gasteiger partial charge in [0.15, 0.2) is 17.3 Å².